The highest BCUT2D eigenvalue weighted by molar-refractivity contribution is 7.84. The minimum atomic E-state index is -1.24. The summed E-state index contributed by atoms with van der Waals surface area (Å²) in [5.74, 6) is 0. The highest BCUT2D eigenvalue weighted by atomic mass is 35.5. The Bertz CT molecular complexity index is 987. The molecule has 0 saturated heterocycles. The van der Waals surface area contributed by atoms with Gasteiger partial charge in [0.05, 0.1) is 22.7 Å². The summed E-state index contributed by atoms with van der Waals surface area (Å²) < 4.78 is 14.9. The smallest absolute Gasteiger partial charge is 0.227 e. The maximum Gasteiger partial charge on any atom is 0.227 e. The van der Waals surface area contributed by atoms with E-state index in [2.05, 4.69) is 20.3 Å². The van der Waals surface area contributed by atoms with Gasteiger partial charge in [-0.1, -0.05) is 35.1 Å². The van der Waals surface area contributed by atoms with Gasteiger partial charge in [0, 0.05) is 16.8 Å². The maximum atomic E-state index is 11.7. The van der Waals surface area contributed by atoms with Crippen molar-refractivity contribution in [1.29, 1.82) is 0 Å². The first-order valence-electron chi connectivity index (χ1n) is 6.48. The molecule has 0 radical (unpaired) electrons. The van der Waals surface area contributed by atoms with Gasteiger partial charge >= 0.3 is 0 Å². The van der Waals surface area contributed by atoms with E-state index in [9.17, 15) is 4.21 Å². The standard InChI is InChI=1S/C13H9ClN6OS2/c1-23(21)13-17-15-7-19(13)12-18-20-6-10(16-11(20)22-12)8-2-4-9(14)5-3-8/h2-7H,1H3. The van der Waals surface area contributed by atoms with Gasteiger partial charge in [0.15, 0.2) is 0 Å². The molecule has 4 rings (SSSR count). The van der Waals surface area contributed by atoms with E-state index in [4.69, 9.17) is 11.6 Å². The molecule has 0 N–H and O–H groups in total. The zero-order valence-electron chi connectivity index (χ0n) is 11.8. The summed E-state index contributed by atoms with van der Waals surface area (Å²) in [6, 6.07) is 7.47. The van der Waals surface area contributed by atoms with Crippen molar-refractivity contribution in [1.82, 2.24) is 29.4 Å². The van der Waals surface area contributed by atoms with Gasteiger partial charge in [-0.2, -0.15) is 0 Å². The molecule has 1 unspecified atom stereocenters. The first-order valence-corrected chi connectivity index (χ1v) is 9.23. The van der Waals surface area contributed by atoms with Crippen LogP contribution in [0.2, 0.25) is 5.02 Å². The Morgan fingerprint density at radius 3 is 2.74 bits per heavy atom. The zero-order valence-corrected chi connectivity index (χ0v) is 14.1. The molecule has 0 bridgehead atoms. The molecule has 0 saturated carbocycles. The molecule has 3 aromatic heterocycles. The van der Waals surface area contributed by atoms with Crippen molar-refractivity contribution in [3.8, 4) is 16.4 Å². The first kappa shape index (κ1) is 14.5. The van der Waals surface area contributed by atoms with Crippen LogP contribution in [-0.4, -0.2) is 39.8 Å². The molecule has 0 aliphatic carbocycles. The number of aromatic nitrogens is 6. The van der Waals surface area contributed by atoms with Crippen molar-refractivity contribution in [3.63, 3.8) is 0 Å². The maximum absolute atomic E-state index is 11.7. The van der Waals surface area contributed by atoms with Gasteiger partial charge in [-0.15, -0.1) is 15.3 Å². The quantitative estimate of drug-likeness (QED) is 0.558. The van der Waals surface area contributed by atoms with Crippen LogP contribution in [0, 0.1) is 0 Å². The fourth-order valence-corrected chi connectivity index (χ4v) is 3.71. The van der Waals surface area contributed by atoms with Gasteiger partial charge < -0.3 is 0 Å². The molecule has 23 heavy (non-hydrogen) atoms. The second-order valence-corrected chi connectivity index (χ2v) is 7.33. The first-order chi connectivity index (χ1) is 11.1. The molecule has 0 amide bonds. The van der Waals surface area contributed by atoms with Gasteiger partial charge in [0.2, 0.25) is 15.2 Å². The Balaban J connectivity index is 1.76. The van der Waals surface area contributed by atoms with E-state index in [1.165, 1.54) is 17.7 Å². The summed E-state index contributed by atoms with van der Waals surface area (Å²) in [4.78, 5) is 5.29. The van der Waals surface area contributed by atoms with Crippen LogP contribution >= 0.6 is 22.9 Å². The number of fused-ring (bicyclic) bond motifs is 1. The largest absolute Gasteiger partial charge is 0.251 e. The molecule has 1 aromatic carbocycles. The van der Waals surface area contributed by atoms with Crippen LogP contribution < -0.4 is 0 Å². The van der Waals surface area contributed by atoms with Crippen LogP contribution in [0.15, 0.2) is 41.9 Å². The van der Waals surface area contributed by atoms with E-state index < -0.39 is 10.8 Å². The van der Waals surface area contributed by atoms with Crippen LogP contribution in [0.25, 0.3) is 21.3 Å². The molecule has 116 valence electrons. The summed E-state index contributed by atoms with van der Waals surface area (Å²) in [6.07, 6.45) is 4.89. The number of imidazole rings is 1. The number of halogens is 1. The number of rotatable bonds is 3. The van der Waals surface area contributed by atoms with Gasteiger partial charge in [0.25, 0.3) is 0 Å². The average Bonchev–Trinajstić information content (AvgIpc) is 3.21. The normalized spacial score (nSPS) is 12.8. The molecule has 7 nitrogen and oxygen atoms in total. The summed E-state index contributed by atoms with van der Waals surface area (Å²) in [7, 11) is -1.24. The second-order valence-electron chi connectivity index (χ2n) is 4.68. The van der Waals surface area contributed by atoms with E-state index in [0.717, 1.165) is 16.2 Å². The third-order valence-electron chi connectivity index (χ3n) is 3.15. The predicted octanol–water partition coefficient (Wildman–Crippen LogP) is 2.43. The Morgan fingerprint density at radius 1 is 1.26 bits per heavy atom. The van der Waals surface area contributed by atoms with Crippen molar-refractivity contribution in [2.24, 2.45) is 0 Å². The number of hydrogen-bond donors (Lipinski definition) is 0. The van der Waals surface area contributed by atoms with Gasteiger partial charge in [0.1, 0.15) is 6.33 Å². The molecule has 3 heterocycles. The predicted molar refractivity (Wildman–Crippen MR) is 88.6 cm³/mol. The van der Waals surface area contributed by atoms with Crippen LogP contribution in [0.5, 0.6) is 0 Å². The third-order valence-corrected chi connectivity index (χ3v) is 5.12. The SMILES string of the molecule is CS(=O)c1nncn1-c1nn2cc(-c3ccc(Cl)cc3)nc2s1. The highest BCUT2D eigenvalue weighted by Gasteiger charge is 2.15. The molecular formula is C13H9ClN6OS2. The minimum Gasteiger partial charge on any atom is -0.251 e. The van der Waals surface area contributed by atoms with E-state index in [0.29, 0.717) is 15.3 Å². The second kappa shape index (κ2) is 5.52. The Hall–Kier alpha value is -2.10. The summed E-state index contributed by atoms with van der Waals surface area (Å²) in [5, 5.41) is 13.8. The average molecular weight is 365 g/mol. The fourth-order valence-electron chi connectivity index (χ4n) is 2.10. The van der Waals surface area contributed by atoms with E-state index >= 15 is 0 Å². The number of nitrogens with zero attached hydrogens (tertiary/aromatic N) is 6. The lowest BCUT2D eigenvalue weighted by molar-refractivity contribution is 0.675. The monoisotopic (exact) mass is 364 g/mol. The summed E-state index contributed by atoms with van der Waals surface area (Å²) >= 11 is 7.27. The van der Waals surface area contributed by atoms with E-state index in [-0.39, 0.29) is 0 Å². The van der Waals surface area contributed by atoms with Crippen molar-refractivity contribution >= 4 is 38.7 Å². The van der Waals surface area contributed by atoms with Crippen LogP contribution in [0.3, 0.4) is 0 Å². The third kappa shape index (κ3) is 2.56. The Morgan fingerprint density at radius 2 is 2.04 bits per heavy atom. The van der Waals surface area contributed by atoms with Crippen LogP contribution in [0.1, 0.15) is 0 Å². The fraction of sp³-hybridized carbons (Fsp3) is 0.0769. The minimum absolute atomic E-state index is 0.361. The summed E-state index contributed by atoms with van der Waals surface area (Å²) in [5.41, 5.74) is 1.78. The molecule has 1 atom stereocenters. The van der Waals surface area contributed by atoms with Crippen LogP contribution in [-0.2, 0) is 10.8 Å². The van der Waals surface area contributed by atoms with E-state index in [1.807, 2.05) is 30.5 Å². The molecule has 10 heteroatoms. The molecule has 4 aromatic rings. The lowest BCUT2D eigenvalue weighted by Crippen LogP contribution is -2.01. The topological polar surface area (TPSA) is 78.0 Å². The Kier molecular flexibility index (Phi) is 3.47. The molecule has 0 spiro atoms. The lowest BCUT2D eigenvalue weighted by atomic mass is 10.2. The highest BCUT2D eigenvalue weighted by Crippen LogP contribution is 2.25. The zero-order chi connectivity index (χ0) is 16.0. The number of benzene rings is 1. The van der Waals surface area contributed by atoms with E-state index in [1.54, 1.807) is 15.3 Å². The van der Waals surface area contributed by atoms with Gasteiger partial charge in [-0.3, -0.25) is 4.21 Å². The van der Waals surface area contributed by atoms with Crippen molar-refractivity contribution in [2.45, 2.75) is 5.16 Å². The van der Waals surface area contributed by atoms with Crippen molar-refractivity contribution in [2.75, 3.05) is 6.26 Å². The van der Waals surface area contributed by atoms with Gasteiger partial charge in [-0.05, 0) is 12.1 Å². The summed E-state index contributed by atoms with van der Waals surface area (Å²) in [6.45, 7) is 0. The lowest BCUT2D eigenvalue weighted by Gasteiger charge is -1.98. The molecular weight excluding hydrogens is 356 g/mol. The number of hydrogen-bond acceptors (Lipinski definition) is 6. The van der Waals surface area contributed by atoms with Crippen molar-refractivity contribution in [3.05, 3.63) is 41.8 Å². The van der Waals surface area contributed by atoms with Gasteiger partial charge in [-0.25, -0.2) is 14.1 Å². The Labute approximate surface area is 142 Å². The molecule has 0 aliphatic heterocycles. The van der Waals surface area contributed by atoms with Crippen molar-refractivity contribution < 1.29 is 4.21 Å². The van der Waals surface area contributed by atoms with Crippen LogP contribution in [0.4, 0.5) is 0 Å². The molecule has 0 aliphatic rings. The molecule has 0 fully saturated rings.